The van der Waals surface area contributed by atoms with Crippen molar-refractivity contribution in [2.24, 2.45) is 0 Å². The van der Waals surface area contributed by atoms with Gasteiger partial charge in [-0.05, 0) is 20.4 Å². The molecule has 6 nitrogen and oxygen atoms in total. The number of nitrogens with one attached hydrogen (secondary N) is 3. The second-order valence-corrected chi connectivity index (χ2v) is 5.61. The zero-order chi connectivity index (χ0) is 12.6. The molecule has 0 radical (unpaired) electrons. The van der Waals surface area contributed by atoms with Crippen LogP contribution in [0.5, 0.6) is 0 Å². The van der Waals surface area contributed by atoms with Gasteiger partial charge in [-0.25, -0.2) is 13.1 Å². The maximum absolute atomic E-state index is 11.2. The third-order valence-electron chi connectivity index (χ3n) is 2.23. The van der Waals surface area contributed by atoms with Crippen LogP contribution in [-0.4, -0.2) is 46.3 Å². The van der Waals surface area contributed by atoms with Crippen molar-refractivity contribution in [2.75, 3.05) is 25.9 Å². The molecule has 0 saturated carbocycles. The van der Waals surface area contributed by atoms with Crippen molar-refractivity contribution in [1.29, 1.82) is 0 Å². The first-order valence-corrected chi connectivity index (χ1v) is 6.97. The molecule has 1 unspecified atom stereocenters. The Balaban J connectivity index is 3.67. The third kappa shape index (κ3) is 7.61. The average molecular weight is 251 g/mol. The Morgan fingerprint density at radius 1 is 1.38 bits per heavy atom. The van der Waals surface area contributed by atoms with E-state index in [9.17, 15) is 13.2 Å². The van der Waals surface area contributed by atoms with Gasteiger partial charge in [-0.15, -0.1) is 0 Å². The average Bonchev–Trinajstić information content (AvgIpc) is 2.25. The van der Waals surface area contributed by atoms with E-state index >= 15 is 0 Å². The van der Waals surface area contributed by atoms with Crippen LogP contribution in [0.4, 0.5) is 0 Å². The van der Waals surface area contributed by atoms with Gasteiger partial charge >= 0.3 is 0 Å². The minimum atomic E-state index is -3.24. The molecule has 0 aromatic rings. The molecule has 0 rings (SSSR count). The minimum Gasteiger partial charge on any atom is -0.354 e. The van der Waals surface area contributed by atoms with Crippen LogP contribution in [0.1, 0.15) is 20.3 Å². The molecule has 96 valence electrons. The molecule has 1 amide bonds. The Hall–Kier alpha value is -0.660. The third-order valence-corrected chi connectivity index (χ3v) is 3.59. The Bertz CT molecular complexity index is 303. The molecular formula is C9H21N3O3S. The van der Waals surface area contributed by atoms with Crippen LogP contribution in [-0.2, 0) is 14.8 Å². The molecule has 0 aliphatic rings. The van der Waals surface area contributed by atoms with E-state index in [1.807, 2.05) is 13.8 Å². The number of amides is 1. The molecule has 0 aromatic carbocycles. The fourth-order valence-electron chi connectivity index (χ4n) is 0.901. The number of hydrogen-bond donors (Lipinski definition) is 3. The van der Waals surface area contributed by atoms with Crippen molar-refractivity contribution in [3.8, 4) is 0 Å². The number of carbonyl (C=O) groups is 1. The Morgan fingerprint density at radius 2 is 2.00 bits per heavy atom. The van der Waals surface area contributed by atoms with E-state index in [2.05, 4.69) is 15.4 Å². The van der Waals surface area contributed by atoms with Crippen LogP contribution in [0.15, 0.2) is 0 Å². The highest BCUT2D eigenvalue weighted by molar-refractivity contribution is 7.89. The van der Waals surface area contributed by atoms with Crippen molar-refractivity contribution in [3.63, 3.8) is 0 Å². The van der Waals surface area contributed by atoms with Crippen LogP contribution in [0.25, 0.3) is 0 Å². The fraction of sp³-hybridized carbons (Fsp3) is 0.889. The molecule has 1 atom stereocenters. The van der Waals surface area contributed by atoms with Gasteiger partial charge in [-0.2, -0.15) is 0 Å². The summed E-state index contributed by atoms with van der Waals surface area (Å²) in [6.45, 7) is 4.35. The van der Waals surface area contributed by atoms with Gasteiger partial charge in [-0.3, -0.25) is 4.79 Å². The minimum absolute atomic E-state index is 0.0986. The van der Waals surface area contributed by atoms with Gasteiger partial charge in [0.1, 0.15) is 0 Å². The highest BCUT2D eigenvalue weighted by Crippen LogP contribution is 1.86. The normalized spacial score (nSPS) is 13.4. The first-order chi connectivity index (χ1) is 7.41. The van der Waals surface area contributed by atoms with E-state index in [-0.39, 0.29) is 30.8 Å². The zero-order valence-electron chi connectivity index (χ0n) is 10.0. The van der Waals surface area contributed by atoms with Gasteiger partial charge < -0.3 is 10.6 Å². The zero-order valence-corrected chi connectivity index (χ0v) is 10.9. The summed E-state index contributed by atoms with van der Waals surface area (Å²) in [5.41, 5.74) is 0. The standard InChI is InChI=1S/C9H21N3O3S/c1-4-8(2)12-7-9(13)11-5-6-16(14,15)10-3/h8,10,12H,4-7H2,1-3H3,(H,11,13). The van der Waals surface area contributed by atoms with Crippen LogP contribution >= 0.6 is 0 Å². The van der Waals surface area contributed by atoms with E-state index in [0.29, 0.717) is 0 Å². The second kappa shape index (κ2) is 7.59. The summed E-state index contributed by atoms with van der Waals surface area (Å²) in [4.78, 5) is 11.2. The van der Waals surface area contributed by atoms with E-state index < -0.39 is 10.0 Å². The van der Waals surface area contributed by atoms with Crippen LogP contribution < -0.4 is 15.4 Å². The fourth-order valence-corrected chi connectivity index (χ4v) is 1.48. The molecule has 7 heteroatoms. The molecule has 0 heterocycles. The first kappa shape index (κ1) is 15.3. The molecule has 0 bridgehead atoms. The predicted molar refractivity (Wildman–Crippen MR) is 63.6 cm³/mol. The smallest absolute Gasteiger partial charge is 0.233 e. The van der Waals surface area contributed by atoms with Gasteiger partial charge in [0.25, 0.3) is 0 Å². The van der Waals surface area contributed by atoms with Gasteiger partial charge in [0, 0.05) is 12.6 Å². The molecule has 0 saturated heterocycles. The lowest BCUT2D eigenvalue weighted by Crippen LogP contribution is -2.40. The summed E-state index contributed by atoms with van der Waals surface area (Å²) in [5, 5.41) is 5.55. The molecule has 0 spiro atoms. The maximum atomic E-state index is 11.2. The van der Waals surface area contributed by atoms with Crippen LogP contribution in [0.2, 0.25) is 0 Å². The van der Waals surface area contributed by atoms with Gasteiger partial charge in [0.15, 0.2) is 0 Å². The lowest BCUT2D eigenvalue weighted by molar-refractivity contribution is -0.120. The molecule has 0 aliphatic carbocycles. The highest BCUT2D eigenvalue weighted by atomic mass is 32.2. The van der Waals surface area contributed by atoms with Gasteiger partial charge in [0.05, 0.1) is 12.3 Å². The summed E-state index contributed by atoms with van der Waals surface area (Å²) < 4.78 is 24.2. The van der Waals surface area contributed by atoms with Crippen molar-refractivity contribution in [2.45, 2.75) is 26.3 Å². The second-order valence-electron chi connectivity index (χ2n) is 3.56. The Kier molecular flexibility index (Phi) is 7.27. The lowest BCUT2D eigenvalue weighted by Gasteiger charge is -2.11. The van der Waals surface area contributed by atoms with Crippen molar-refractivity contribution < 1.29 is 13.2 Å². The van der Waals surface area contributed by atoms with Crippen molar-refractivity contribution >= 4 is 15.9 Å². The topological polar surface area (TPSA) is 87.3 Å². The highest BCUT2D eigenvalue weighted by Gasteiger charge is 2.08. The van der Waals surface area contributed by atoms with Crippen LogP contribution in [0.3, 0.4) is 0 Å². The summed E-state index contributed by atoms with van der Waals surface area (Å²) in [6, 6.07) is 0.284. The largest absolute Gasteiger partial charge is 0.354 e. The van der Waals surface area contributed by atoms with Gasteiger partial charge in [0.2, 0.25) is 15.9 Å². The molecule has 16 heavy (non-hydrogen) atoms. The Morgan fingerprint density at radius 3 is 2.50 bits per heavy atom. The summed E-state index contributed by atoms with van der Waals surface area (Å²) >= 11 is 0. The molecule has 0 fully saturated rings. The number of hydrogen-bond acceptors (Lipinski definition) is 4. The van der Waals surface area contributed by atoms with E-state index in [1.165, 1.54) is 7.05 Å². The monoisotopic (exact) mass is 251 g/mol. The predicted octanol–water partition coefficient (Wildman–Crippen LogP) is -0.960. The van der Waals surface area contributed by atoms with Crippen molar-refractivity contribution in [3.05, 3.63) is 0 Å². The van der Waals surface area contributed by atoms with E-state index in [1.54, 1.807) is 0 Å². The summed E-state index contributed by atoms with van der Waals surface area (Å²) in [6.07, 6.45) is 0.946. The summed E-state index contributed by atoms with van der Waals surface area (Å²) in [5.74, 6) is -0.287. The van der Waals surface area contributed by atoms with Crippen LogP contribution in [0, 0.1) is 0 Å². The SMILES string of the molecule is CCC(C)NCC(=O)NCCS(=O)(=O)NC. The molecule has 3 N–H and O–H groups in total. The number of sulfonamides is 1. The summed E-state index contributed by atoms with van der Waals surface area (Å²) in [7, 11) is -1.89. The lowest BCUT2D eigenvalue weighted by atomic mass is 10.2. The number of carbonyl (C=O) groups excluding carboxylic acids is 1. The maximum Gasteiger partial charge on any atom is 0.233 e. The molecular weight excluding hydrogens is 230 g/mol. The first-order valence-electron chi connectivity index (χ1n) is 5.32. The Labute approximate surface area is 97.2 Å². The van der Waals surface area contributed by atoms with E-state index in [0.717, 1.165) is 6.42 Å². The molecule has 0 aliphatic heterocycles. The number of rotatable bonds is 8. The quantitative estimate of drug-likeness (QED) is 0.518. The molecule has 0 aromatic heterocycles. The van der Waals surface area contributed by atoms with Gasteiger partial charge in [-0.1, -0.05) is 6.92 Å². The van der Waals surface area contributed by atoms with E-state index in [4.69, 9.17) is 0 Å². The van der Waals surface area contributed by atoms with Crippen molar-refractivity contribution in [1.82, 2.24) is 15.4 Å².